The average molecular weight is 145 g/mol. The van der Waals surface area contributed by atoms with Gasteiger partial charge in [0, 0.05) is 0 Å². The van der Waals surface area contributed by atoms with Gasteiger partial charge in [-0.3, -0.25) is 0 Å². The fourth-order valence-corrected chi connectivity index (χ4v) is 1.41. The van der Waals surface area contributed by atoms with Gasteiger partial charge in [0.25, 0.3) is 0 Å². The number of likely N-dealkylation sites (tertiary alicyclic amines) is 1. The van der Waals surface area contributed by atoms with Gasteiger partial charge < -0.3 is 10.4 Å². The average Bonchev–Trinajstić information content (AvgIpc) is 1.97. The van der Waals surface area contributed by atoms with Crippen LogP contribution in [0, 0.1) is 5.92 Å². The van der Waals surface area contributed by atoms with Crippen LogP contribution in [0.5, 0.6) is 0 Å². The monoisotopic (exact) mass is 145 g/mol. The van der Waals surface area contributed by atoms with Crippen LogP contribution in [0.4, 0.5) is 0 Å². The van der Waals surface area contributed by atoms with Crippen LogP contribution in [0.25, 0.3) is 0 Å². The van der Waals surface area contributed by atoms with Crippen LogP contribution in [-0.2, 0) is 0 Å². The summed E-state index contributed by atoms with van der Waals surface area (Å²) in [4.78, 5) is 2.43. The fraction of sp³-hybridized carbons (Fsp3) is 1.00. The van der Waals surface area contributed by atoms with Gasteiger partial charge in [0.05, 0.1) is 0 Å². The van der Waals surface area contributed by atoms with Crippen LogP contribution in [0.3, 0.4) is 0 Å². The molecule has 0 spiro atoms. The summed E-state index contributed by atoms with van der Waals surface area (Å²) in [5.74, 6) is 0.968. The molecule has 1 atom stereocenters. The van der Waals surface area contributed by atoms with E-state index in [4.69, 9.17) is 0 Å². The van der Waals surface area contributed by atoms with E-state index in [0.29, 0.717) is 0 Å². The minimum atomic E-state index is 0. The first-order chi connectivity index (χ1) is 4.29. The van der Waals surface area contributed by atoms with Crippen LogP contribution < -0.4 is 0 Å². The highest BCUT2D eigenvalue weighted by Gasteiger charge is 2.09. The lowest BCUT2D eigenvalue weighted by molar-refractivity contribution is 0.344. The lowest BCUT2D eigenvalue weighted by Crippen LogP contribution is -2.18. The Kier molecular flexibility index (Phi) is 4.65. The minimum Gasteiger partial charge on any atom is -0.412 e. The van der Waals surface area contributed by atoms with Gasteiger partial charge in [-0.15, -0.1) is 0 Å². The molecule has 0 aromatic carbocycles. The maximum Gasteiger partial charge on any atom is -0.00192 e. The molecule has 0 aliphatic carbocycles. The van der Waals surface area contributed by atoms with Crippen molar-refractivity contribution < 1.29 is 5.48 Å². The van der Waals surface area contributed by atoms with E-state index < -0.39 is 0 Å². The summed E-state index contributed by atoms with van der Waals surface area (Å²) in [6.07, 6.45) is 4.23. The third-order valence-electron chi connectivity index (χ3n) is 2.24. The van der Waals surface area contributed by atoms with Crippen LogP contribution in [0.1, 0.15) is 26.2 Å². The molecule has 0 amide bonds. The molecular weight excluding hydrogens is 126 g/mol. The molecule has 1 aliphatic rings. The van der Waals surface area contributed by atoms with Gasteiger partial charge in [-0.2, -0.15) is 0 Å². The largest absolute Gasteiger partial charge is 0.412 e. The molecule has 1 aliphatic heterocycles. The molecule has 62 valence electrons. The Bertz CT molecular complexity index is 75.3. The highest BCUT2D eigenvalue weighted by molar-refractivity contribution is 4.63. The lowest BCUT2D eigenvalue weighted by Gasteiger charge is -2.11. The summed E-state index contributed by atoms with van der Waals surface area (Å²) >= 11 is 0. The second kappa shape index (κ2) is 4.69. The number of rotatable bonds is 0. The van der Waals surface area contributed by atoms with Gasteiger partial charge >= 0.3 is 0 Å². The Morgan fingerprint density at radius 2 is 1.90 bits per heavy atom. The third kappa shape index (κ3) is 3.18. The molecule has 0 bridgehead atoms. The summed E-state index contributed by atoms with van der Waals surface area (Å²) in [7, 11) is 2.22. The number of nitrogens with zero attached hydrogens (tertiary/aromatic N) is 1. The molecule has 1 saturated heterocycles. The van der Waals surface area contributed by atoms with Crippen molar-refractivity contribution in [2.24, 2.45) is 5.92 Å². The van der Waals surface area contributed by atoms with Crippen LogP contribution >= 0.6 is 0 Å². The zero-order valence-electron chi connectivity index (χ0n) is 7.06. The Labute approximate surface area is 63.5 Å². The SMILES string of the molecule is CC1CCCN(C)CC1.O. The molecule has 0 radical (unpaired) electrons. The van der Waals surface area contributed by atoms with Gasteiger partial charge in [0.2, 0.25) is 0 Å². The van der Waals surface area contributed by atoms with Gasteiger partial charge in [0.1, 0.15) is 0 Å². The molecule has 2 N–H and O–H groups in total. The van der Waals surface area contributed by atoms with Crippen molar-refractivity contribution in [3.63, 3.8) is 0 Å². The smallest absolute Gasteiger partial charge is 0.00192 e. The molecular formula is C8H19NO. The zero-order chi connectivity index (χ0) is 6.69. The first kappa shape index (κ1) is 9.92. The predicted molar refractivity (Wildman–Crippen MR) is 44.1 cm³/mol. The molecule has 0 saturated carbocycles. The topological polar surface area (TPSA) is 34.7 Å². The molecule has 0 aromatic rings. The molecule has 1 heterocycles. The Hall–Kier alpha value is -0.0800. The van der Waals surface area contributed by atoms with Crippen molar-refractivity contribution in [2.75, 3.05) is 20.1 Å². The van der Waals surface area contributed by atoms with Crippen LogP contribution in [-0.4, -0.2) is 30.5 Å². The summed E-state index contributed by atoms with van der Waals surface area (Å²) in [6.45, 7) is 4.98. The van der Waals surface area contributed by atoms with E-state index in [1.165, 1.54) is 32.4 Å². The first-order valence-electron chi connectivity index (χ1n) is 3.97. The standard InChI is InChI=1S/C8H17N.H2O/c1-8-4-3-6-9(2)7-5-8;/h8H,3-7H2,1-2H3;1H2. The molecule has 1 unspecified atom stereocenters. The number of hydrogen-bond acceptors (Lipinski definition) is 1. The molecule has 10 heavy (non-hydrogen) atoms. The second-order valence-electron chi connectivity index (χ2n) is 3.34. The Morgan fingerprint density at radius 1 is 1.20 bits per heavy atom. The van der Waals surface area contributed by atoms with Crippen LogP contribution in [0.2, 0.25) is 0 Å². The zero-order valence-corrected chi connectivity index (χ0v) is 7.06. The predicted octanol–water partition coefficient (Wildman–Crippen LogP) is 0.913. The highest BCUT2D eigenvalue weighted by Crippen LogP contribution is 2.14. The van der Waals surface area contributed by atoms with Gasteiger partial charge in [-0.25, -0.2) is 0 Å². The fourth-order valence-electron chi connectivity index (χ4n) is 1.41. The van der Waals surface area contributed by atoms with Gasteiger partial charge in [0.15, 0.2) is 0 Å². The van der Waals surface area contributed by atoms with Crippen molar-refractivity contribution in [3.8, 4) is 0 Å². The Balaban J connectivity index is 0.000000810. The van der Waals surface area contributed by atoms with E-state index >= 15 is 0 Å². The Morgan fingerprint density at radius 3 is 2.60 bits per heavy atom. The van der Waals surface area contributed by atoms with E-state index in [1.54, 1.807) is 0 Å². The molecule has 1 fully saturated rings. The van der Waals surface area contributed by atoms with Crippen molar-refractivity contribution in [2.45, 2.75) is 26.2 Å². The van der Waals surface area contributed by atoms with E-state index in [2.05, 4.69) is 18.9 Å². The second-order valence-corrected chi connectivity index (χ2v) is 3.34. The van der Waals surface area contributed by atoms with Crippen LogP contribution in [0.15, 0.2) is 0 Å². The lowest BCUT2D eigenvalue weighted by atomic mass is 10.0. The van der Waals surface area contributed by atoms with E-state index in [1.807, 2.05) is 0 Å². The summed E-state index contributed by atoms with van der Waals surface area (Å²) < 4.78 is 0. The normalized spacial score (nSPS) is 28.8. The van der Waals surface area contributed by atoms with Crippen molar-refractivity contribution in [1.82, 2.24) is 4.90 Å². The molecule has 2 heteroatoms. The highest BCUT2D eigenvalue weighted by atomic mass is 16.0. The quantitative estimate of drug-likeness (QED) is 0.499. The summed E-state index contributed by atoms with van der Waals surface area (Å²) in [5, 5.41) is 0. The van der Waals surface area contributed by atoms with E-state index in [-0.39, 0.29) is 5.48 Å². The van der Waals surface area contributed by atoms with Crippen molar-refractivity contribution in [1.29, 1.82) is 0 Å². The maximum absolute atomic E-state index is 2.43. The summed E-state index contributed by atoms with van der Waals surface area (Å²) in [5.41, 5.74) is 0. The molecule has 2 nitrogen and oxygen atoms in total. The minimum absolute atomic E-state index is 0. The first-order valence-corrected chi connectivity index (χ1v) is 3.97. The van der Waals surface area contributed by atoms with Gasteiger partial charge in [-0.05, 0) is 45.3 Å². The maximum atomic E-state index is 2.43. The van der Waals surface area contributed by atoms with Crippen molar-refractivity contribution >= 4 is 0 Å². The van der Waals surface area contributed by atoms with E-state index in [0.717, 1.165) is 5.92 Å². The summed E-state index contributed by atoms with van der Waals surface area (Å²) in [6, 6.07) is 0. The van der Waals surface area contributed by atoms with Crippen molar-refractivity contribution in [3.05, 3.63) is 0 Å². The number of hydrogen-bond donors (Lipinski definition) is 0. The third-order valence-corrected chi connectivity index (χ3v) is 2.24. The molecule has 0 aromatic heterocycles. The van der Waals surface area contributed by atoms with Gasteiger partial charge in [-0.1, -0.05) is 6.92 Å². The van der Waals surface area contributed by atoms with E-state index in [9.17, 15) is 0 Å². The molecule has 1 rings (SSSR count).